The van der Waals surface area contributed by atoms with E-state index < -0.39 is 11.6 Å². The molecule has 0 fully saturated rings. The quantitative estimate of drug-likeness (QED) is 0.640. The van der Waals surface area contributed by atoms with E-state index in [0.717, 1.165) is 0 Å². The van der Waals surface area contributed by atoms with Crippen molar-refractivity contribution in [3.05, 3.63) is 64.7 Å². The van der Waals surface area contributed by atoms with Crippen molar-refractivity contribution >= 4 is 23.1 Å². The van der Waals surface area contributed by atoms with Gasteiger partial charge in [0.25, 0.3) is 0 Å². The first-order valence-electron chi connectivity index (χ1n) is 7.89. The van der Waals surface area contributed by atoms with Crippen LogP contribution < -0.4 is 20.1 Å². The molecule has 3 N–H and O–H groups in total. The molecule has 8 heteroatoms. The number of thiophene rings is 1. The Morgan fingerprint density at radius 1 is 1.23 bits per heavy atom. The van der Waals surface area contributed by atoms with Crippen LogP contribution in [-0.2, 0) is 5.60 Å². The molecule has 0 radical (unpaired) electrons. The van der Waals surface area contributed by atoms with Gasteiger partial charge in [-0.1, -0.05) is 0 Å². The highest BCUT2D eigenvalue weighted by Crippen LogP contribution is 2.34. The lowest BCUT2D eigenvalue weighted by atomic mass is 9.93. The molecule has 0 spiro atoms. The minimum absolute atomic E-state index is 0.0480. The highest BCUT2D eigenvalue weighted by atomic mass is 32.1. The lowest BCUT2D eigenvalue weighted by Gasteiger charge is -2.25. The summed E-state index contributed by atoms with van der Waals surface area (Å²) >= 11 is 1.46. The van der Waals surface area contributed by atoms with Crippen molar-refractivity contribution in [3.63, 3.8) is 0 Å². The molecular weight excluding hydrogens is 356 g/mol. The molecule has 2 amide bonds. The van der Waals surface area contributed by atoms with Gasteiger partial charge in [0.05, 0.1) is 12.8 Å². The Balaban J connectivity index is 1.45. The number of ether oxygens (including phenoxy) is 2. The highest BCUT2D eigenvalue weighted by molar-refractivity contribution is 7.08. The standard InChI is InChI=1S/C18H16N2O5S/c21-17(20-13-3-4-14-15(8-13)25-11-24-14)19-10-18(22,12-5-7-26-9-12)16-2-1-6-23-16/h1-9,22H,10-11H2,(H2,19,20,21). The first-order valence-corrected chi connectivity index (χ1v) is 8.83. The van der Waals surface area contributed by atoms with E-state index in [-0.39, 0.29) is 13.3 Å². The van der Waals surface area contributed by atoms with E-state index in [2.05, 4.69) is 10.6 Å². The van der Waals surface area contributed by atoms with Crippen LogP contribution >= 0.6 is 11.3 Å². The van der Waals surface area contributed by atoms with E-state index in [0.29, 0.717) is 28.5 Å². The van der Waals surface area contributed by atoms with Crippen molar-refractivity contribution in [2.75, 3.05) is 18.7 Å². The van der Waals surface area contributed by atoms with Crippen molar-refractivity contribution in [1.29, 1.82) is 0 Å². The Labute approximate surface area is 153 Å². The number of furan rings is 1. The number of fused-ring (bicyclic) bond motifs is 1. The summed E-state index contributed by atoms with van der Waals surface area (Å²) in [5.74, 6) is 1.58. The fourth-order valence-electron chi connectivity index (χ4n) is 2.70. The van der Waals surface area contributed by atoms with E-state index in [1.165, 1.54) is 17.6 Å². The number of aliphatic hydroxyl groups is 1. The number of nitrogens with one attached hydrogen (secondary N) is 2. The molecule has 1 aliphatic rings. The van der Waals surface area contributed by atoms with E-state index in [1.54, 1.807) is 36.4 Å². The molecule has 1 aliphatic heterocycles. The average molecular weight is 372 g/mol. The first-order chi connectivity index (χ1) is 12.6. The summed E-state index contributed by atoms with van der Waals surface area (Å²) in [6.45, 7) is 0.120. The molecule has 0 saturated carbocycles. The van der Waals surface area contributed by atoms with Crippen molar-refractivity contribution in [1.82, 2.24) is 5.32 Å². The average Bonchev–Trinajstić information content (AvgIpc) is 3.41. The lowest BCUT2D eigenvalue weighted by molar-refractivity contribution is 0.0597. The number of urea groups is 1. The zero-order valence-corrected chi connectivity index (χ0v) is 14.4. The van der Waals surface area contributed by atoms with Crippen molar-refractivity contribution in [2.24, 2.45) is 0 Å². The molecule has 4 rings (SSSR count). The van der Waals surface area contributed by atoms with Gasteiger partial charge in [-0.2, -0.15) is 11.3 Å². The summed E-state index contributed by atoms with van der Waals surface area (Å²) in [5, 5.41) is 20.2. The normalized spacial score (nSPS) is 14.7. The molecule has 1 unspecified atom stereocenters. The minimum Gasteiger partial charge on any atom is -0.466 e. The van der Waals surface area contributed by atoms with Crippen LogP contribution in [0.4, 0.5) is 10.5 Å². The van der Waals surface area contributed by atoms with Crippen LogP contribution in [0.1, 0.15) is 11.3 Å². The molecule has 26 heavy (non-hydrogen) atoms. The number of carbonyl (C=O) groups excluding carboxylic acids is 1. The van der Waals surface area contributed by atoms with Gasteiger partial charge in [0.2, 0.25) is 6.79 Å². The number of anilines is 1. The first kappa shape index (κ1) is 16.5. The number of carbonyl (C=O) groups is 1. The van der Waals surface area contributed by atoms with Crippen LogP contribution in [0.5, 0.6) is 11.5 Å². The summed E-state index contributed by atoms with van der Waals surface area (Å²) in [6, 6.07) is 9.83. The Bertz CT molecular complexity index is 858. The molecule has 7 nitrogen and oxygen atoms in total. The molecule has 0 aliphatic carbocycles. The van der Waals surface area contributed by atoms with Gasteiger partial charge in [0.1, 0.15) is 5.76 Å². The van der Waals surface area contributed by atoms with Crippen LogP contribution in [0.25, 0.3) is 0 Å². The van der Waals surface area contributed by atoms with Crippen LogP contribution in [0.2, 0.25) is 0 Å². The van der Waals surface area contributed by atoms with Gasteiger partial charge < -0.3 is 29.6 Å². The van der Waals surface area contributed by atoms with E-state index >= 15 is 0 Å². The van der Waals surface area contributed by atoms with Crippen molar-refractivity contribution in [3.8, 4) is 11.5 Å². The molecule has 0 saturated heterocycles. The van der Waals surface area contributed by atoms with Gasteiger partial charge >= 0.3 is 6.03 Å². The Kier molecular flexibility index (Phi) is 4.27. The van der Waals surface area contributed by atoms with Gasteiger partial charge in [0.15, 0.2) is 17.1 Å². The van der Waals surface area contributed by atoms with Crippen LogP contribution in [0.15, 0.2) is 57.8 Å². The molecule has 1 aromatic carbocycles. The van der Waals surface area contributed by atoms with Gasteiger partial charge in [-0.25, -0.2) is 4.79 Å². The van der Waals surface area contributed by atoms with Crippen LogP contribution in [0.3, 0.4) is 0 Å². The molecule has 2 aromatic heterocycles. The van der Waals surface area contributed by atoms with Crippen molar-refractivity contribution in [2.45, 2.75) is 5.60 Å². The number of benzene rings is 1. The maximum atomic E-state index is 12.3. The third-order valence-corrected chi connectivity index (χ3v) is 4.75. The summed E-state index contributed by atoms with van der Waals surface area (Å²) in [5.41, 5.74) is -0.236. The minimum atomic E-state index is -1.45. The largest absolute Gasteiger partial charge is 0.466 e. The van der Waals surface area contributed by atoms with E-state index in [4.69, 9.17) is 13.9 Å². The second-order valence-electron chi connectivity index (χ2n) is 5.73. The maximum absolute atomic E-state index is 12.3. The maximum Gasteiger partial charge on any atom is 0.319 e. The SMILES string of the molecule is O=C(NCC(O)(c1ccsc1)c1ccco1)Nc1ccc2c(c1)OCO2. The molecular formula is C18H16N2O5S. The zero-order chi connectivity index (χ0) is 18.0. The van der Waals surface area contributed by atoms with Crippen LogP contribution in [-0.4, -0.2) is 24.5 Å². The Hall–Kier alpha value is -2.97. The third-order valence-electron chi connectivity index (χ3n) is 4.06. The summed E-state index contributed by atoms with van der Waals surface area (Å²) in [4.78, 5) is 12.3. The number of rotatable bonds is 5. The Morgan fingerprint density at radius 2 is 2.12 bits per heavy atom. The van der Waals surface area contributed by atoms with E-state index in [9.17, 15) is 9.90 Å². The highest BCUT2D eigenvalue weighted by Gasteiger charge is 2.35. The molecule has 0 bridgehead atoms. The molecule has 3 aromatic rings. The van der Waals surface area contributed by atoms with Gasteiger partial charge in [-0.3, -0.25) is 0 Å². The monoisotopic (exact) mass is 372 g/mol. The predicted octanol–water partition coefficient (Wildman–Crippen LogP) is 3.13. The number of amides is 2. The molecule has 3 heterocycles. The van der Waals surface area contributed by atoms with Crippen LogP contribution in [0, 0.1) is 0 Å². The number of hydrogen-bond acceptors (Lipinski definition) is 6. The molecule has 134 valence electrons. The predicted molar refractivity (Wildman–Crippen MR) is 95.6 cm³/mol. The summed E-state index contributed by atoms with van der Waals surface area (Å²) in [6.07, 6.45) is 1.49. The van der Waals surface area contributed by atoms with Gasteiger partial charge in [0, 0.05) is 17.3 Å². The van der Waals surface area contributed by atoms with E-state index in [1.807, 2.05) is 10.8 Å². The summed E-state index contributed by atoms with van der Waals surface area (Å²) < 4.78 is 15.9. The zero-order valence-electron chi connectivity index (χ0n) is 13.6. The second kappa shape index (κ2) is 6.74. The van der Waals surface area contributed by atoms with Crippen molar-refractivity contribution < 1.29 is 23.8 Å². The lowest BCUT2D eigenvalue weighted by Crippen LogP contribution is -2.42. The fraction of sp³-hybridized carbons (Fsp3) is 0.167. The van der Waals surface area contributed by atoms with Gasteiger partial charge in [-0.15, -0.1) is 0 Å². The second-order valence-corrected chi connectivity index (χ2v) is 6.51. The van der Waals surface area contributed by atoms with Gasteiger partial charge in [-0.05, 0) is 41.1 Å². The summed E-state index contributed by atoms with van der Waals surface area (Å²) in [7, 11) is 0. The molecule has 1 atom stereocenters. The third kappa shape index (κ3) is 3.12. The number of hydrogen-bond donors (Lipinski definition) is 3. The topological polar surface area (TPSA) is 93.0 Å². The fourth-order valence-corrected chi connectivity index (χ4v) is 3.43. The smallest absolute Gasteiger partial charge is 0.319 e. The Morgan fingerprint density at radius 3 is 2.88 bits per heavy atom.